The lowest BCUT2D eigenvalue weighted by atomic mass is 10.2. The summed E-state index contributed by atoms with van der Waals surface area (Å²) in [6.07, 6.45) is 1.05. The molecule has 0 aliphatic rings. The first-order valence-corrected chi connectivity index (χ1v) is 7.68. The molecule has 1 atom stereocenters. The van der Waals surface area contributed by atoms with Crippen LogP contribution in [-0.2, 0) is 13.0 Å². The molecular weight excluding hydrogens is 312 g/mol. The van der Waals surface area contributed by atoms with Gasteiger partial charge in [0.2, 0.25) is 0 Å². The normalized spacial score (nSPS) is 12.4. The molecule has 0 aromatic carbocycles. The highest BCUT2D eigenvalue weighted by molar-refractivity contribution is 7.09. The summed E-state index contributed by atoms with van der Waals surface area (Å²) in [6.45, 7) is 3.34. The van der Waals surface area contributed by atoms with Crippen LogP contribution in [0.5, 0.6) is 0 Å². The van der Waals surface area contributed by atoms with E-state index in [0.717, 1.165) is 21.8 Å². The number of urea groups is 1. The molecule has 2 aromatic rings. The number of aryl methyl sites for hydroxylation is 1. The number of thiazole rings is 1. The van der Waals surface area contributed by atoms with E-state index in [1.54, 1.807) is 11.3 Å². The second-order valence-electron chi connectivity index (χ2n) is 4.68. The van der Waals surface area contributed by atoms with Gasteiger partial charge in [-0.15, -0.1) is 11.3 Å². The molecule has 0 aliphatic heterocycles. The van der Waals surface area contributed by atoms with Crippen LogP contribution < -0.4 is 10.6 Å². The summed E-state index contributed by atoms with van der Waals surface area (Å²) in [6, 6.07) is -0.678. The summed E-state index contributed by atoms with van der Waals surface area (Å²) in [7, 11) is 0. The molecule has 2 heterocycles. The average molecular weight is 329 g/mol. The fraction of sp³-hybridized carbons (Fsp3) is 0.462. The van der Waals surface area contributed by atoms with Gasteiger partial charge in [-0.3, -0.25) is 4.68 Å². The Kier molecular flexibility index (Phi) is 5.42. The Morgan fingerprint density at radius 1 is 1.50 bits per heavy atom. The van der Waals surface area contributed by atoms with Crippen molar-refractivity contribution in [1.29, 1.82) is 0 Å². The van der Waals surface area contributed by atoms with Gasteiger partial charge in [-0.1, -0.05) is 6.92 Å². The van der Waals surface area contributed by atoms with Gasteiger partial charge in [0, 0.05) is 11.6 Å². The Labute approximate surface area is 130 Å². The van der Waals surface area contributed by atoms with E-state index in [0.29, 0.717) is 5.69 Å². The number of halogens is 2. The maximum atomic E-state index is 12.2. The third kappa shape index (κ3) is 4.48. The molecule has 0 fully saturated rings. The lowest BCUT2D eigenvalue weighted by Crippen LogP contribution is -2.31. The molecule has 2 aromatic heterocycles. The number of carbonyl (C=O) groups excluding carboxylic acids is 1. The number of aromatic nitrogens is 3. The lowest BCUT2D eigenvalue weighted by molar-refractivity contribution is 0.122. The SMILES string of the molecule is CCc1nc(C(C)NC(=O)Nc2cnn(CC(F)F)c2)cs1. The van der Waals surface area contributed by atoms with E-state index in [9.17, 15) is 13.6 Å². The van der Waals surface area contributed by atoms with Gasteiger partial charge in [0.05, 0.1) is 28.6 Å². The van der Waals surface area contributed by atoms with Gasteiger partial charge in [0.15, 0.2) is 0 Å². The first kappa shape index (κ1) is 16.3. The summed E-state index contributed by atoms with van der Waals surface area (Å²) < 4.78 is 25.5. The highest BCUT2D eigenvalue weighted by Crippen LogP contribution is 2.17. The fourth-order valence-corrected chi connectivity index (χ4v) is 2.63. The Morgan fingerprint density at radius 2 is 2.27 bits per heavy atom. The topological polar surface area (TPSA) is 71.8 Å². The van der Waals surface area contributed by atoms with Gasteiger partial charge in [-0.25, -0.2) is 18.6 Å². The first-order chi connectivity index (χ1) is 10.5. The van der Waals surface area contributed by atoms with E-state index in [-0.39, 0.29) is 6.04 Å². The van der Waals surface area contributed by atoms with E-state index in [1.807, 2.05) is 19.2 Å². The minimum absolute atomic E-state index is 0.243. The molecular formula is C13H17F2N5OS. The number of hydrogen-bond acceptors (Lipinski definition) is 4. The molecule has 120 valence electrons. The predicted octanol–water partition coefficient (Wildman–Crippen LogP) is 3.05. The average Bonchev–Trinajstić information content (AvgIpc) is 3.07. The van der Waals surface area contributed by atoms with E-state index in [1.165, 1.54) is 12.4 Å². The zero-order valence-corrected chi connectivity index (χ0v) is 13.0. The van der Waals surface area contributed by atoms with Crippen molar-refractivity contribution in [3.8, 4) is 0 Å². The highest BCUT2D eigenvalue weighted by Gasteiger charge is 2.13. The Balaban J connectivity index is 1.88. The van der Waals surface area contributed by atoms with E-state index < -0.39 is 19.0 Å². The van der Waals surface area contributed by atoms with Crippen LogP contribution in [0.25, 0.3) is 0 Å². The first-order valence-electron chi connectivity index (χ1n) is 6.80. The number of alkyl halides is 2. The van der Waals surface area contributed by atoms with Gasteiger partial charge in [0.1, 0.15) is 6.54 Å². The second kappa shape index (κ2) is 7.30. The van der Waals surface area contributed by atoms with E-state index in [2.05, 4.69) is 20.7 Å². The van der Waals surface area contributed by atoms with Crippen LogP contribution in [0.2, 0.25) is 0 Å². The van der Waals surface area contributed by atoms with Crippen molar-refractivity contribution in [2.45, 2.75) is 39.3 Å². The lowest BCUT2D eigenvalue weighted by Gasteiger charge is -2.11. The zero-order valence-electron chi connectivity index (χ0n) is 12.2. The number of nitrogens with one attached hydrogen (secondary N) is 2. The summed E-state index contributed by atoms with van der Waals surface area (Å²) in [5, 5.41) is 12.0. The number of nitrogens with zero attached hydrogens (tertiary/aromatic N) is 3. The molecule has 0 aliphatic carbocycles. The van der Waals surface area contributed by atoms with Crippen LogP contribution in [-0.4, -0.2) is 27.2 Å². The molecule has 0 saturated carbocycles. The third-order valence-corrected chi connectivity index (χ3v) is 3.89. The maximum Gasteiger partial charge on any atom is 0.319 e. The van der Waals surface area contributed by atoms with Gasteiger partial charge in [0.25, 0.3) is 6.43 Å². The minimum Gasteiger partial charge on any atom is -0.330 e. The van der Waals surface area contributed by atoms with Crippen molar-refractivity contribution >= 4 is 23.1 Å². The zero-order chi connectivity index (χ0) is 16.1. The molecule has 6 nitrogen and oxygen atoms in total. The molecule has 0 radical (unpaired) electrons. The molecule has 2 amide bonds. The summed E-state index contributed by atoms with van der Waals surface area (Å²) >= 11 is 1.55. The third-order valence-electron chi connectivity index (χ3n) is 2.88. The van der Waals surface area contributed by atoms with Crippen LogP contribution in [0.4, 0.5) is 19.3 Å². The Morgan fingerprint density at radius 3 is 2.91 bits per heavy atom. The summed E-state index contributed by atoms with van der Waals surface area (Å²) in [5.41, 5.74) is 1.16. The van der Waals surface area contributed by atoms with Crippen LogP contribution in [0.3, 0.4) is 0 Å². The largest absolute Gasteiger partial charge is 0.330 e. The maximum absolute atomic E-state index is 12.2. The smallest absolute Gasteiger partial charge is 0.319 e. The summed E-state index contributed by atoms with van der Waals surface area (Å²) in [5.74, 6) is 0. The Bertz CT molecular complexity index is 627. The van der Waals surface area contributed by atoms with Crippen molar-refractivity contribution in [2.75, 3.05) is 5.32 Å². The molecule has 0 spiro atoms. The van der Waals surface area contributed by atoms with Gasteiger partial charge in [-0.2, -0.15) is 5.10 Å². The van der Waals surface area contributed by atoms with Crippen LogP contribution in [0, 0.1) is 0 Å². The Hall–Kier alpha value is -2.03. The van der Waals surface area contributed by atoms with Crippen molar-refractivity contribution in [3.05, 3.63) is 28.5 Å². The fourth-order valence-electron chi connectivity index (χ4n) is 1.79. The number of rotatable bonds is 6. The van der Waals surface area contributed by atoms with Gasteiger partial charge >= 0.3 is 6.03 Å². The predicted molar refractivity (Wildman–Crippen MR) is 80.3 cm³/mol. The molecule has 2 rings (SSSR count). The number of amides is 2. The number of carbonyl (C=O) groups is 1. The number of anilines is 1. The van der Waals surface area contributed by atoms with Crippen molar-refractivity contribution in [2.24, 2.45) is 0 Å². The van der Waals surface area contributed by atoms with Crippen molar-refractivity contribution in [1.82, 2.24) is 20.1 Å². The van der Waals surface area contributed by atoms with Crippen LogP contribution >= 0.6 is 11.3 Å². The van der Waals surface area contributed by atoms with E-state index >= 15 is 0 Å². The standard InChI is InChI=1S/C13H17F2N5OS/c1-3-12-19-10(7-22-12)8(2)17-13(21)18-9-4-16-20(5-9)6-11(14)15/h4-5,7-8,11H,3,6H2,1-2H3,(H2,17,18,21). The number of hydrogen-bond donors (Lipinski definition) is 2. The van der Waals surface area contributed by atoms with Gasteiger partial charge < -0.3 is 10.6 Å². The van der Waals surface area contributed by atoms with Crippen LogP contribution in [0.1, 0.15) is 30.6 Å². The second-order valence-corrected chi connectivity index (χ2v) is 5.62. The molecule has 2 N–H and O–H groups in total. The molecule has 22 heavy (non-hydrogen) atoms. The van der Waals surface area contributed by atoms with Crippen LogP contribution in [0.15, 0.2) is 17.8 Å². The monoisotopic (exact) mass is 329 g/mol. The van der Waals surface area contributed by atoms with Crippen molar-refractivity contribution < 1.29 is 13.6 Å². The molecule has 9 heteroatoms. The highest BCUT2D eigenvalue weighted by atomic mass is 32.1. The van der Waals surface area contributed by atoms with E-state index in [4.69, 9.17) is 0 Å². The quantitative estimate of drug-likeness (QED) is 0.855. The molecule has 1 unspecified atom stereocenters. The molecule has 0 saturated heterocycles. The molecule has 0 bridgehead atoms. The summed E-state index contributed by atoms with van der Waals surface area (Å²) in [4.78, 5) is 16.3. The van der Waals surface area contributed by atoms with Gasteiger partial charge in [-0.05, 0) is 13.3 Å². The minimum atomic E-state index is -2.49. The van der Waals surface area contributed by atoms with Crippen molar-refractivity contribution in [3.63, 3.8) is 0 Å².